The van der Waals surface area contributed by atoms with Crippen LogP contribution in [0.4, 0.5) is 0 Å². The number of benzene rings is 1. The molecule has 21 heavy (non-hydrogen) atoms. The molecule has 1 amide bonds. The average Bonchev–Trinajstić information content (AvgIpc) is 2.52. The second kappa shape index (κ2) is 8.05. The highest BCUT2D eigenvalue weighted by Crippen LogP contribution is 2.19. The van der Waals surface area contributed by atoms with Gasteiger partial charge in [0.25, 0.3) is 0 Å². The summed E-state index contributed by atoms with van der Waals surface area (Å²) in [4.78, 5) is 25.7. The summed E-state index contributed by atoms with van der Waals surface area (Å²) >= 11 is 1.72. The summed E-state index contributed by atoms with van der Waals surface area (Å²) < 4.78 is 5.11. The number of ether oxygens (including phenoxy) is 1. The van der Waals surface area contributed by atoms with Crippen LogP contribution in [0.15, 0.2) is 35.2 Å². The molecule has 1 heterocycles. The Labute approximate surface area is 128 Å². The number of aliphatic carboxylic acids is 1. The van der Waals surface area contributed by atoms with E-state index in [1.54, 1.807) is 16.7 Å². The fourth-order valence-corrected chi connectivity index (χ4v) is 2.99. The third-order valence-corrected chi connectivity index (χ3v) is 4.34. The van der Waals surface area contributed by atoms with Gasteiger partial charge >= 0.3 is 5.97 Å². The fraction of sp³-hybridized carbons (Fsp3) is 0.467. The molecule has 1 aromatic carbocycles. The molecular formula is C15H19NO4S. The monoisotopic (exact) mass is 309 g/mol. The molecule has 1 unspecified atom stereocenters. The normalized spacial score (nSPS) is 18.5. The number of carbonyl (C=O) groups is 2. The van der Waals surface area contributed by atoms with Gasteiger partial charge in [0.15, 0.2) is 6.10 Å². The molecule has 1 aliphatic rings. The van der Waals surface area contributed by atoms with Crippen LogP contribution in [0.2, 0.25) is 0 Å². The van der Waals surface area contributed by atoms with E-state index in [-0.39, 0.29) is 12.5 Å². The van der Waals surface area contributed by atoms with Gasteiger partial charge in [0, 0.05) is 17.9 Å². The SMILES string of the molecule is O=C(O)C1CN(C(=O)CCCSc2ccccc2)CCO1. The van der Waals surface area contributed by atoms with Crippen molar-refractivity contribution in [3.05, 3.63) is 30.3 Å². The van der Waals surface area contributed by atoms with Crippen molar-refractivity contribution in [1.82, 2.24) is 4.90 Å². The lowest BCUT2D eigenvalue weighted by Crippen LogP contribution is -2.48. The van der Waals surface area contributed by atoms with Crippen molar-refractivity contribution in [1.29, 1.82) is 0 Å². The van der Waals surface area contributed by atoms with Crippen LogP contribution in [-0.4, -0.2) is 53.4 Å². The first-order chi connectivity index (χ1) is 10.2. The molecule has 1 fully saturated rings. The van der Waals surface area contributed by atoms with E-state index in [9.17, 15) is 9.59 Å². The predicted molar refractivity (Wildman–Crippen MR) is 80.4 cm³/mol. The number of morpholine rings is 1. The van der Waals surface area contributed by atoms with E-state index in [0.717, 1.165) is 12.2 Å². The molecule has 1 aromatic rings. The number of carboxylic acid groups (broad SMARTS) is 1. The van der Waals surface area contributed by atoms with Crippen LogP contribution < -0.4 is 0 Å². The number of rotatable bonds is 6. The smallest absolute Gasteiger partial charge is 0.334 e. The van der Waals surface area contributed by atoms with Crippen molar-refractivity contribution in [2.24, 2.45) is 0 Å². The first-order valence-electron chi connectivity index (χ1n) is 6.97. The van der Waals surface area contributed by atoms with Gasteiger partial charge in [-0.15, -0.1) is 11.8 Å². The topological polar surface area (TPSA) is 66.8 Å². The summed E-state index contributed by atoms with van der Waals surface area (Å²) in [5.41, 5.74) is 0. The van der Waals surface area contributed by atoms with Crippen LogP contribution in [0.25, 0.3) is 0 Å². The highest BCUT2D eigenvalue weighted by atomic mass is 32.2. The van der Waals surface area contributed by atoms with E-state index in [0.29, 0.717) is 19.6 Å². The maximum absolute atomic E-state index is 12.0. The minimum absolute atomic E-state index is 0.0122. The minimum Gasteiger partial charge on any atom is -0.479 e. The lowest BCUT2D eigenvalue weighted by atomic mass is 10.2. The maximum atomic E-state index is 12.0. The van der Waals surface area contributed by atoms with Crippen molar-refractivity contribution in [3.63, 3.8) is 0 Å². The van der Waals surface area contributed by atoms with Crippen molar-refractivity contribution in [2.45, 2.75) is 23.8 Å². The largest absolute Gasteiger partial charge is 0.479 e. The van der Waals surface area contributed by atoms with Gasteiger partial charge in [0.1, 0.15) is 0 Å². The number of thioether (sulfide) groups is 1. The number of nitrogens with zero attached hydrogens (tertiary/aromatic N) is 1. The average molecular weight is 309 g/mol. The molecule has 0 radical (unpaired) electrons. The van der Waals surface area contributed by atoms with Crippen molar-refractivity contribution >= 4 is 23.6 Å². The zero-order valence-electron chi connectivity index (χ0n) is 11.7. The molecule has 1 N–H and O–H groups in total. The molecule has 0 aliphatic carbocycles. The van der Waals surface area contributed by atoms with Crippen LogP contribution in [0.3, 0.4) is 0 Å². The third kappa shape index (κ3) is 5.06. The molecule has 0 aromatic heterocycles. The van der Waals surface area contributed by atoms with Gasteiger partial charge in [0.05, 0.1) is 13.2 Å². The van der Waals surface area contributed by atoms with Crippen LogP contribution in [-0.2, 0) is 14.3 Å². The standard InChI is InChI=1S/C15H19NO4S/c17-14(16-8-9-20-13(11-16)15(18)19)7-4-10-21-12-5-2-1-3-6-12/h1-3,5-6,13H,4,7-11H2,(H,18,19). The highest BCUT2D eigenvalue weighted by Gasteiger charge is 2.28. The summed E-state index contributed by atoms with van der Waals surface area (Å²) in [6.07, 6.45) is 0.348. The zero-order valence-corrected chi connectivity index (χ0v) is 12.6. The lowest BCUT2D eigenvalue weighted by molar-refractivity contribution is -0.159. The highest BCUT2D eigenvalue weighted by molar-refractivity contribution is 7.99. The molecule has 1 atom stereocenters. The summed E-state index contributed by atoms with van der Waals surface area (Å²) in [6, 6.07) is 10.1. The lowest BCUT2D eigenvalue weighted by Gasteiger charge is -2.30. The van der Waals surface area contributed by atoms with Crippen LogP contribution in [0, 0.1) is 0 Å². The van der Waals surface area contributed by atoms with E-state index >= 15 is 0 Å². The Morgan fingerprint density at radius 1 is 1.33 bits per heavy atom. The van der Waals surface area contributed by atoms with Gasteiger partial charge in [0.2, 0.25) is 5.91 Å². The van der Waals surface area contributed by atoms with E-state index < -0.39 is 12.1 Å². The molecule has 114 valence electrons. The third-order valence-electron chi connectivity index (χ3n) is 3.24. The van der Waals surface area contributed by atoms with Crippen LogP contribution in [0.1, 0.15) is 12.8 Å². The number of hydrogen-bond acceptors (Lipinski definition) is 4. The van der Waals surface area contributed by atoms with E-state index in [1.165, 1.54) is 4.90 Å². The van der Waals surface area contributed by atoms with Gasteiger partial charge in [-0.1, -0.05) is 18.2 Å². The Hall–Kier alpha value is -1.53. The van der Waals surface area contributed by atoms with Crippen LogP contribution >= 0.6 is 11.8 Å². The molecular weight excluding hydrogens is 290 g/mol. The number of amides is 1. The van der Waals surface area contributed by atoms with Crippen molar-refractivity contribution in [2.75, 3.05) is 25.4 Å². The predicted octanol–water partition coefficient (Wildman–Crippen LogP) is 1.87. The quantitative estimate of drug-likeness (QED) is 0.642. The summed E-state index contributed by atoms with van der Waals surface area (Å²) in [6.45, 7) is 0.926. The Kier molecular flexibility index (Phi) is 6.07. The van der Waals surface area contributed by atoms with Gasteiger partial charge in [-0.3, -0.25) is 4.79 Å². The van der Waals surface area contributed by atoms with Gasteiger partial charge in [-0.25, -0.2) is 4.79 Å². The fourth-order valence-electron chi connectivity index (χ4n) is 2.11. The van der Waals surface area contributed by atoms with Gasteiger partial charge in [-0.2, -0.15) is 0 Å². The molecule has 6 heteroatoms. The number of hydrogen-bond donors (Lipinski definition) is 1. The summed E-state index contributed by atoms with van der Waals surface area (Å²) in [5.74, 6) is -0.118. The van der Waals surface area contributed by atoms with Crippen LogP contribution in [0.5, 0.6) is 0 Å². The molecule has 2 rings (SSSR count). The van der Waals surface area contributed by atoms with Gasteiger partial charge in [-0.05, 0) is 24.3 Å². The zero-order chi connectivity index (χ0) is 15.1. The second-order valence-electron chi connectivity index (χ2n) is 4.80. The first kappa shape index (κ1) is 15.9. The summed E-state index contributed by atoms with van der Waals surface area (Å²) in [7, 11) is 0. The Morgan fingerprint density at radius 3 is 2.81 bits per heavy atom. The Balaban J connectivity index is 1.68. The maximum Gasteiger partial charge on any atom is 0.334 e. The summed E-state index contributed by atoms with van der Waals surface area (Å²) in [5, 5.41) is 8.91. The Bertz CT molecular complexity index is 480. The minimum atomic E-state index is -1.01. The molecule has 5 nitrogen and oxygen atoms in total. The van der Waals surface area contributed by atoms with E-state index in [2.05, 4.69) is 0 Å². The number of carboxylic acids is 1. The first-order valence-corrected chi connectivity index (χ1v) is 7.95. The molecule has 0 spiro atoms. The number of carbonyl (C=O) groups excluding carboxylic acids is 1. The van der Waals surface area contributed by atoms with Crippen molar-refractivity contribution < 1.29 is 19.4 Å². The Morgan fingerprint density at radius 2 is 2.10 bits per heavy atom. The second-order valence-corrected chi connectivity index (χ2v) is 5.97. The molecule has 0 saturated carbocycles. The van der Waals surface area contributed by atoms with E-state index in [4.69, 9.17) is 9.84 Å². The van der Waals surface area contributed by atoms with Crippen molar-refractivity contribution in [3.8, 4) is 0 Å². The molecule has 1 aliphatic heterocycles. The van der Waals surface area contributed by atoms with Gasteiger partial charge < -0.3 is 14.7 Å². The van der Waals surface area contributed by atoms with E-state index in [1.807, 2.05) is 30.3 Å². The molecule has 0 bridgehead atoms. The molecule has 1 saturated heterocycles.